The summed E-state index contributed by atoms with van der Waals surface area (Å²) in [4.78, 5) is 24.3. The van der Waals surface area contributed by atoms with E-state index in [0.29, 0.717) is 17.8 Å². The van der Waals surface area contributed by atoms with Gasteiger partial charge in [-0.05, 0) is 86.4 Å². The zero-order valence-electron chi connectivity index (χ0n) is 17.8. The molecule has 5 rings (SSSR count). The van der Waals surface area contributed by atoms with E-state index in [4.69, 9.17) is 4.74 Å². The minimum atomic E-state index is -0.394. The standard InChI is InChI=1S/C23H36O4S/c1-14(24)28-13-16-15-6-10-23(19(16)25)11-7-17-21(2,18(23)12-15)8-5-9-22(17,3)20(26)27-4/h15-19,25H,5-13H2,1-4H3/t15-,16-,17-,18-,19+,21+,22+,23-/m0/s1. The molecule has 1 spiro atoms. The number of carbonyl (C=O) groups is 2. The Bertz CT molecular complexity index is 665. The molecule has 158 valence electrons. The molecule has 0 amide bonds. The highest BCUT2D eigenvalue weighted by Gasteiger charge is 2.68. The molecule has 0 aromatic rings. The van der Waals surface area contributed by atoms with E-state index in [1.165, 1.54) is 25.3 Å². The topological polar surface area (TPSA) is 63.6 Å². The molecule has 0 unspecified atom stereocenters. The van der Waals surface area contributed by atoms with E-state index in [2.05, 4.69) is 13.8 Å². The Kier molecular flexibility index (Phi) is 5.18. The second kappa shape index (κ2) is 7.01. The maximum atomic E-state index is 12.8. The van der Waals surface area contributed by atoms with Crippen molar-refractivity contribution in [2.75, 3.05) is 12.9 Å². The lowest BCUT2D eigenvalue weighted by molar-refractivity contribution is -0.242. The van der Waals surface area contributed by atoms with Crippen LogP contribution < -0.4 is 0 Å². The summed E-state index contributed by atoms with van der Waals surface area (Å²) in [5.41, 5.74) is -0.316. The molecular weight excluding hydrogens is 372 g/mol. The Hall–Kier alpha value is -0.550. The summed E-state index contributed by atoms with van der Waals surface area (Å²) in [5.74, 6) is 2.29. The van der Waals surface area contributed by atoms with Gasteiger partial charge in [0.05, 0.1) is 18.6 Å². The van der Waals surface area contributed by atoms with Crippen molar-refractivity contribution in [1.82, 2.24) is 0 Å². The molecule has 1 N–H and O–H groups in total. The molecule has 8 atom stereocenters. The third-order valence-corrected chi connectivity index (χ3v) is 10.6. The first kappa shape index (κ1) is 20.7. The average molecular weight is 409 g/mol. The normalized spacial score (nSPS) is 49.8. The predicted molar refractivity (Wildman–Crippen MR) is 111 cm³/mol. The molecule has 4 nitrogen and oxygen atoms in total. The van der Waals surface area contributed by atoms with Crippen LogP contribution in [0.15, 0.2) is 0 Å². The Balaban J connectivity index is 1.66. The molecular formula is C23H36O4S. The van der Waals surface area contributed by atoms with E-state index < -0.39 is 5.41 Å². The largest absolute Gasteiger partial charge is 0.469 e. The zero-order chi connectivity index (χ0) is 20.3. The fourth-order valence-electron chi connectivity index (χ4n) is 8.39. The number of carbonyl (C=O) groups excluding carboxylic acids is 2. The molecule has 0 saturated heterocycles. The number of hydrogen-bond acceptors (Lipinski definition) is 5. The lowest BCUT2D eigenvalue weighted by Gasteiger charge is -2.70. The van der Waals surface area contributed by atoms with Gasteiger partial charge in [0.15, 0.2) is 5.12 Å². The van der Waals surface area contributed by atoms with Crippen LogP contribution in [-0.2, 0) is 14.3 Å². The van der Waals surface area contributed by atoms with Gasteiger partial charge in [0, 0.05) is 12.7 Å². The zero-order valence-corrected chi connectivity index (χ0v) is 18.6. The van der Waals surface area contributed by atoms with Crippen molar-refractivity contribution < 1.29 is 19.4 Å². The SMILES string of the molecule is COC(=O)[C@]1(C)CCC[C@@]2(C)[C@@H]3C[C@@H]4CC[C@@]3(CC[C@@H]21)[C@H](O)[C@H]4CSC(C)=O. The van der Waals surface area contributed by atoms with E-state index >= 15 is 0 Å². The van der Waals surface area contributed by atoms with Gasteiger partial charge in [-0.25, -0.2) is 0 Å². The van der Waals surface area contributed by atoms with Gasteiger partial charge in [0.25, 0.3) is 0 Å². The molecule has 0 aromatic carbocycles. The first-order valence-electron chi connectivity index (χ1n) is 11.1. The minimum Gasteiger partial charge on any atom is -0.469 e. The molecule has 0 aromatic heterocycles. The number of ether oxygens (including phenoxy) is 1. The van der Waals surface area contributed by atoms with Crippen molar-refractivity contribution >= 4 is 22.8 Å². The van der Waals surface area contributed by atoms with Gasteiger partial charge in [-0.1, -0.05) is 25.1 Å². The van der Waals surface area contributed by atoms with Gasteiger partial charge < -0.3 is 9.84 Å². The van der Waals surface area contributed by atoms with Gasteiger partial charge in [-0.15, -0.1) is 0 Å². The predicted octanol–water partition coefficient (Wildman–Crippen LogP) is 4.44. The molecule has 0 radical (unpaired) electrons. The first-order chi connectivity index (χ1) is 13.2. The van der Waals surface area contributed by atoms with E-state index in [1.54, 1.807) is 6.92 Å². The van der Waals surface area contributed by atoms with Crippen molar-refractivity contribution in [3.63, 3.8) is 0 Å². The van der Waals surface area contributed by atoms with Crippen LogP contribution in [0.2, 0.25) is 0 Å². The minimum absolute atomic E-state index is 0.0175. The number of methoxy groups -OCH3 is 1. The number of aliphatic hydroxyl groups is 1. The Morgan fingerprint density at radius 2 is 1.82 bits per heavy atom. The maximum Gasteiger partial charge on any atom is 0.311 e. The highest BCUT2D eigenvalue weighted by molar-refractivity contribution is 8.13. The molecule has 0 heterocycles. The smallest absolute Gasteiger partial charge is 0.311 e. The highest BCUT2D eigenvalue weighted by atomic mass is 32.2. The van der Waals surface area contributed by atoms with E-state index in [9.17, 15) is 14.7 Å². The fraction of sp³-hybridized carbons (Fsp3) is 0.913. The molecule has 0 aliphatic heterocycles. The fourth-order valence-corrected chi connectivity index (χ4v) is 9.27. The van der Waals surface area contributed by atoms with Crippen LogP contribution in [0.25, 0.3) is 0 Å². The number of esters is 1. The van der Waals surface area contributed by atoms with E-state index in [0.717, 1.165) is 50.7 Å². The lowest BCUT2D eigenvalue weighted by atomic mass is 9.35. The first-order valence-corrected chi connectivity index (χ1v) is 12.1. The van der Waals surface area contributed by atoms with Crippen LogP contribution in [0.1, 0.15) is 72.1 Å². The summed E-state index contributed by atoms with van der Waals surface area (Å²) in [5, 5.41) is 11.7. The molecule has 5 saturated carbocycles. The second-order valence-corrected chi connectivity index (χ2v) is 11.8. The van der Waals surface area contributed by atoms with Gasteiger partial charge in [0.2, 0.25) is 0 Å². The molecule has 5 aliphatic rings. The van der Waals surface area contributed by atoms with Gasteiger partial charge in [-0.3, -0.25) is 9.59 Å². The van der Waals surface area contributed by atoms with Gasteiger partial charge in [-0.2, -0.15) is 0 Å². The Labute approximate surface area is 173 Å². The second-order valence-electron chi connectivity index (χ2n) is 10.6. The van der Waals surface area contributed by atoms with Crippen molar-refractivity contribution in [2.24, 2.45) is 39.9 Å². The summed E-state index contributed by atoms with van der Waals surface area (Å²) in [6, 6.07) is 0. The number of hydrogen-bond donors (Lipinski definition) is 1. The quantitative estimate of drug-likeness (QED) is 0.700. The lowest BCUT2D eigenvalue weighted by Crippen LogP contribution is -2.67. The van der Waals surface area contributed by atoms with Crippen molar-refractivity contribution in [3.8, 4) is 0 Å². The van der Waals surface area contributed by atoms with E-state index in [1.807, 2.05) is 0 Å². The highest BCUT2D eigenvalue weighted by Crippen LogP contribution is 2.72. The molecule has 5 aliphatic carbocycles. The molecule has 5 fully saturated rings. The van der Waals surface area contributed by atoms with Crippen LogP contribution in [-0.4, -0.2) is 35.2 Å². The van der Waals surface area contributed by atoms with Crippen LogP contribution in [0.4, 0.5) is 0 Å². The number of thioether (sulfide) groups is 1. The third-order valence-electron chi connectivity index (χ3n) is 9.62. The van der Waals surface area contributed by atoms with E-state index in [-0.39, 0.29) is 33.9 Å². The summed E-state index contributed by atoms with van der Waals surface area (Å²) in [6.07, 6.45) is 8.31. The Morgan fingerprint density at radius 3 is 2.50 bits per heavy atom. The molecule has 2 bridgehead atoms. The summed E-state index contributed by atoms with van der Waals surface area (Å²) < 4.78 is 5.25. The summed E-state index contributed by atoms with van der Waals surface area (Å²) in [6.45, 7) is 6.17. The number of aliphatic hydroxyl groups excluding tert-OH is 1. The third kappa shape index (κ3) is 2.74. The van der Waals surface area contributed by atoms with Gasteiger partial charge >= 0.3 is 5.97 Å². The van der Waals surface area contributed by atoms with Crippen molar-refractivity contribution in [2.45, 2.75) is 78.2 Å². The van der Waals surface area contributed by atoms with Crippen LogP contribution in [0.5, 0.6) is 0 Å². The molecule has 5 heteroatoms. The summed E-state index contributed by atoms with van der Waals surface area (Å²) >= 11 is 1.39. The van der Waals surface area contributed by atoms with Crippen molar-refractivity contribution in [3.05, 3.63) is 0 Å². The van der Waals surface area contributed by atoms with Crippen molar-refractivity contribution in [1.29, 1.82) is 0 Å². The van der Waals surface area contributed by atoms with Crippen LogP contribution in [0, 0.1) is 39.9 Å². The average Bonchev–Trinajstić information content (AvgIpc) is 2.66. The molecule has 28 heavy (non-hydrogen) atoms. The number of rotatable bonds is 3. The monoisotopic (exact) mass is 408 g/mol. The Morgan fingerprint density at radius 1 is 1.11 bits per heavy atom. The van der Waals surface area contributed by atoms with Crippen LogP contribution >= 0.6 is 11.8 Å². The number of fused-ring (bicyclic) bond motifs is 3. The van der Waals surface area contributed by atoms with Crippen LogP contribution in [0.3, 0.4) is 0 Å². The summed E-state index contributed by atoms with van der Waals surface area (Å²) in [7, 11) is 1.52. The maximum absolute atomic E-state index is 12.8. The van der Waals surface area contributed by atoms with Gasteiger partial charge in [0.1, 0.15) is 0 Å².